The lowest BCUT2D eigenvalue weighted by Crippen LogP contribution is -2.29. The second kappa shape index (κ2) is 6.32. The number of hydrogen-bond donors (Lipinski definition) is 0. The van der Waals surface area contributed by atoms with E-state index in [1.54, 1.807) is 24.3 Å². The molecule has 0 saturated carbocycles. The predicted octanol–water partition coefficient (Wildman–Crippen LogP) is 3.69. The molecule has 1 aliphatic rings. The lowest BCUT2D eigenvalue weighted by atomic mass is 9.89. The summed E-state index contributed by atoms with van der Waals surface area (Å²) < 4.78 is 27.8. The van der Waals surface area contributed by atoms with E-state index in [0.29, 0.717) is 10.8 Å². The molecule has 0 N–H and O–H groups in total. The second-order valence-electron chi connectivity index (χ2n) is 6.79. The van der Waals surface area contributed by atoms with Gasteiger partial charge in [-0.05, 0) is 62.7 Å². The van der Waals surface area contributed by atoms with E-state index in [9.17, 15) is 8.42 Å². The van der Waals surface area contributed by atoms with Crippen molar-refractivity contribution in [1.29, 1.82) is 0 Å². The summed E-state index contributed by atoms with van der Waals surface area (Å²) in [6.07, 6.45) is 3.98. The molecule has 1 aromatic heterocycles. The van der Waals surface area contributed by atoms with E-state index in [2.05, 4.69) is 11.9 Å². The minimum Gasteiger partial charge on any atom is -0.306 e. The van der Waals surface area contributed by atoms with Gasteiger partial charge in [-0.3, -0.25) is 0 Å². The van der Waals surface area contributed by atoms with Gasteiger partial charge in [-0.1, -0.05) is 36.4 Å². The summed E-state index contributed by atoms with van der Waals surface area (Å²) in [4.78, 5) is 2.65. The number of piperidine rings is 1. The Balaban J connectivity index is 1.86. The van der Waals surface area contributed by atoms with Crippen molar-refractivity contribution in [2.75, 3.05) is 20.1 Å². The average Bonchev–Trinajstić information content (AvgIpc) is 3.04. The first kappa shape index (κ1) is 16.4. The van der Waals surface area contributed by atoms with Gasteiger partial charge < -0.3 is 4.90 Å². The van der Waals surface area contributed by atoms with E-state index in [4.69, 9.17) is 0 Å². The van der Waals surface area contributed by atoms with Crippen molar-refractivity contribution in [1.82, 2.24) is 8.87 Å². The van der Waals surface area contributed by atoms with Crippen molar-refractivity contribution in [3.63, 3.8) is 0 Å². The highest BCUT2D eigenvalue weighted by atomic mass is 32.2. The van der Waals surface area contributed by atoms with Gasteiger partial charge in [-0.2, -0.15) is 0 Å². The van der Waals surface area contributed by atoms with Gasteiger partial charge in [0.05, 0.1) is 10.4 Å². The maximum atomic E-state index is 13.2. The van der Waals surface area contributed by atoms with Gasteiger partial charge in [-0.25, -0.2) is 12.4 Å². The maximum Gasteiger partial charge on any atom is 0.268 e. The van der Waals surface area contributed by atoms with Crippen LogP contribution in [0.25, 0.3) is 10.9 Å². The summed E-state index contributed by atoms with van der Waals surface area (Å²) in [6, 6.07) is 16.5. The Labute approximate surface area is 148 Å². The van der Waals surface area contributed by atoms with Crippen LogP contribution in [0.4, 0.5) is 0 Å². The lowest BCUT2D eigenvalue weighted by molar-refractivity contribution is 0.256. The van der Waals surface area contributed by atoms with E-state index in [1.165, 1.54) is 3.97 Å². The normalized spacial score (nSPS) is 17.2. The summed E-state index contributed by atoms with van der Waals surface area (Å²) in [5.74, 6) is 0.410. The molecule has 130 valence electrons. The minimum atomic E-state index is -3.59. The molecule has 1 fully saturated rings. The van der Waals surface area contributed by atoms with Crippen LogP contribution >= 0.6 is 0 Å². The van der Waals surface area contributed by atoms with Gasteiger partial charge in [0.1, 0.15) is 0 Å². The standard InChI is InChI=1S/C20H22N2O2S/c1-21-13-11-16(12-14-21)19-15-22(20-10-6-5-9-18(19)20)25(23,24)17-7-3-2-4-8-17/h2-10,15-16H,11-14H2,1H3. The lowest BCUT2D eigenvalue weighted by Gasteiger charge is -2.28. The van der Waals surface area contributed by atoms with Gasteiger partial charge in [0.2, 0.25) is 0 Å². The smallest absolute Gasteiger partial charge is 0.268 e. The Kier molecular flexibility index (Phi) is 4.13. The number of hydrogen-bond acceptors (Lipinski definition) is 3. The molecule has 3 aromatic rings. The van der Waals surface area contributed by atoms with Crippen LogP contribution in [0.1, 0.15) is 24.3 Å². The Bertz CT molecular complexity index is 985. The second-order valence-corrected chi connectivity index (χ2v) is 8.61. The fourth-order valence-electron chi connectivity index (χ4n) is 3.73. The van der Waals surface area contributed by atoms with Crippen molar-refractivity contribution in [3.05, 3.63) is 66.4 Å². The monoisotopic (exact) mass is 354 g/mol. The summed E-state index contributed by atoms with van der Waals surface area (Å²) in [5.41, 5.74) is 1.92. The van der Waals surface area contributed by atoms with Crippen LogP contribution in [0.3, 0.4) is 0 Å². The zero-order chi connectivity index (χ0) is 17.4. The molecule has 0 aliphatic carbocycles. The van der Waals surface area contributed by atoms with Gasteiger partial charge in [-0.15, -0.1) is 0 Å². The van der Waals surface area contributed by atoms with Crippen LogP contribution in [0.15, 0.2) is 65.7 Å². The van der Waals surface area contributed by atoms with E-state index in [-0.39, 0.29) is 0 Å². The Morgan fingerprint density at radius 1 is 0.920 bits per heavy atom. The molecular weight excluding hydrogens is 332 g/mol. The third kappa shape index (κ3) is 2.87. The van der Waals surface area contributed by atoms with Crippen molar-refractivity contribution in [2.24, 2.45) is 0 Å². The molecule has 1 saturated heterocycles. The van der Waals surface area contributed by atoms with Crippen molar-refractivity contribution >= 4 is 20.9 Å². The largest absolute Gasteiger partial charge is 0.306 e. The van der Waals surface area contributed by atoms with Gasteiger partial charge in [0.25, 0.3) is 10.0 Å². The van der Waals surface area contributed by atoms with Crippen LogP contribution in [0.5, 0.6) is 0 Å². The van der Waals surface area contributed by atoms with Crippen LogP contribution in [-0.4, -0.2) is 37.4 Å². The number of benzene rings is 2. The topological polar surface area (TPSA) is 42.3 Å². The van der Waals surface area contributed by atoms with E-state index >= 15 is 0 Å². The zero-order valence-electron chi connectivity index (χ0n) is 14.3. The van der Waals surface area contributed by atoms with Crippen molar-refractivity contribution in [3.8, 4) is 0 Å². The molecule has 0 atom stereocenters. The van der Waals surface area contributed by atoms with Crippen LogP contribution in [-0.2, 0) is 10.0 Å². The fraction of sp³-hybridized carbons (Fsp3) is 0.300. The molecule has 0 radical (unpaired) electrons. The van der Waals surface area contributed by atoms with Crippen molar-refractivity contribution < 1.29 is 8.42 Å². The van der Waals surface area contributed by atoms with E-state index in [1.807, 2.05) is 36.5 Å². The first-order valence-electron chi connectivity index (χ1n) is 8.66. The molecule has 0 bridgehead atoms. The number of aromatic nitrogens is 1. The van der Waals surface area contributed by atoms with Crippen LogP contribution in [0.2, 0.25) is 0 Å². The van der Waals surface area contributed by atoms with E-state index in [0.717, 1.165) is 42.4 Å². The quantitative estimate of drug-likeness (QED) is 0.720. The van der Waals surface area contributed by atoms with Crippen LogP contribution < -0.4 is 0 Å². The molecule has 0 amide bonds. The first-order chi connectivity index (χ1) is 12.1. The molecule has 4 nitrogen and oxygen atoms in total. The Morgan fingerprint density at radius 2 is 1.56 bits per heavy atom. The van der Waals surface area contributed by atoms with Crippen molar-refractivity contribution in [2.45, 2.75) is 23.7 Å². The maximum absolute atomic E-state index is 13.2. The SMILES string of the molecule is CN1CCC(c2cn(S(=O)(=O)c3ccccc3)c3ccccc23)CC1. The highest BCUT2D eigenvalue weighted by Gasteiger charge is 2.26. The number of likely N-dealkylation sites (tertiary alicyclic amines) is 1. The number of rotatable bonds is 3. The summed E-state index contributed by atoms with van der Waals surface area (Å²) in [7, 11) is -1.45. The molecule has 2 aromatic carbocycles. The Morgan fingerprint density at radius 3 is 2.28 bits per heavy atom. The molecular formula is C20H22N2O2S. The molecule has 1 aliphatic heterocycles. The molecule has 0 spiro atoms. The minimum absolute atomic E-state index is 0.325. The molecule has 2 heterocycles. The third-order valence-electron chi connectivity index (χ3n) is 5.17. The molecule has 4 rings (SSSR count). The molecule has 25 heavy (non-hydrogen) atoms. The summed E-state index contributed by atoms with van der Waals surface area (Å²) >= 11 is 0. The highest BCUT2D eigenvalue weighted by molar-refractivity contribution is 7.90. The molecule has 5 heteroatoms. The van der Waals surface area contributed by atoms with E-state index < -0.39 is 10.0 Å². The average molecular weight is 354 g/mol. The fourth-order valence-corrected chi connectivity index (χ4v) is 5.12. The highest BCUT2D eigenvalue weighted by Crippen LogP contribution is 2.35. The summed E-state index contributed by atoms with van der Waals surface area (Å²) in [5, 5.41) is 1.05. The van der Waals surface area contributed by atoms with Gasteiger partial charge in [0, 0.05) is 11.6 Å². The number of nitrogens with zero attached hydrogens (tertiary/aromatic N) is 2. The van der Waals surface area contributed by atoms with Crippen LogP contribution in [0, 0.1) is 0 Å². The molecule has 0 unspecified atom stereocenters. The summed E-state index contributed by atoms with van der Waals surface area (Å²) in [6.45, 7) is 2.10. The Hall–Kier alpha value is -2.11. The van der Waals surface area contributed by atoms with Gasteiger partial charge in [0.15, 0.2) is 0 Å². The zero-order valence-corrected chi connectivity index (χ0v) is 15.1. The number of fused-ring (bicyclic) bond motifs is 1. The number of para-hydroxylation sites is 1. The first-order valence-corrected chi connectivity index (χ1v) is 10.1. The third-order valence-corrected chi connectivity index (χ3v) is 6.86. The predicted molar refractivity (Wildman–Crippen MR) is 100 cm³/mol. The van der Waals surface area contributed by atoms with Gasteiger partial charge >= 0.3 is 0 Å².